The number of nitrogens with two attached hydrogens (primary N) is 1. The fourth-order valence-corrected chi connectivity index (χ4v) is 0.836. The molecule has 0 radical (unpaired) electrons. The summed E-state index contributed by atoms with van der Waals surface area (Å²) in [7, 11) is 0. The van der Waals surface area contributed by atoms with E-state index in [-0.39, 0.29) is 6.42 Å². The number of carbonyl (C=O) groups is 1. The molecule has 1 aromatic heterocycles. The van der Waals surface area contributed by atoms with E-state index in [0.717, 1.165) is 5.56 Å². The Kier molecular flexibility index (Phi) is 2.28. The van der Waals surface area contributed by atoms with E-state index in [1.807, 2.05) is 6.92 Å². The summed E-state index contributed by atoms with van der Waals surface area (Å²) >= 11 is 0. The number of hydrogen-bond acceptors (Lipinski definition) is 3. The molecule has 0 bridgehead atoms. The molecule has 12 heavy (non-hydrogen) atoms. The van der Waals surface area contributed by atoms with Gasteiger partial charge in [-0.05, 0) is 18.6 Å². The van der Waals surface area contributed by atoms with Crippen molar-refractivity contribution in [3.05, 3.63) is 23.5 Å². The van der Waals surface area contributed by atoms with Gasteiger partial charge in [-0.15, -0.1) is 0 Å². The smallest absolute Gasteiger partial charge is 0.309 e. The molecular formula is C8H10N2O2. The summed E-state index contributed by atoms with van der Waals surface area (Å²) in [4.78, 5) is 14.2. The van der Waals surface area contributed by atoms with Gasteiger partial charge in [-0.3, -0.25) is 9.78 Å². The molecule has 0 fully saturated rings. The summed E-state index contributed by atoms with van der Waals surface area (Å²) in [5, 5.41) is 8.45. The van der Waals surface area contributed by atoms with Crippen molar-refractivity contribution < 1.29 is 9.90 Å². The normalized spacial score (nSPS) is 9.75. The largest absolute Gasteiger partial charge is 0.481 e. The van der Waals surface area contributed by atoms with Gasteiger partial charge in [-0.2, -0.15) is 0 Å². The molecule has 0 saturated heterocycles. The molecule has 0 aliphatic carbocycles. The predicted molar refractivity (Wildman–Crippen MR) is 44.7 cm³/mol. The quantitative estimate of drug-likeness (QED) is 0.674. The molecule has 0 saturated carbocycles. The Hall–Kier alpha value is -1.58. The number of hydrogen-bond donors (Lipinski definition) is 2. The van der Waals surface area contributed by atoms with Crippen molar-refractivity contribution in [1.82, 2.24) is 4.98 Å². The van der Waals surface area contributed by atoms with Crippen LogP contribution in [0.15, 0.2) is 12.3 Å². The maximum absolute atomic E-state index is 10.3. The van der Waals surface area contributed by atoms with E-state index in [4.69, 9.17) is 10.8 Å². The van der Waals surface area contributed by atoms with Crippen molar-refractivity contribution in [2.24, 2.45) is 0 Å². The van der Waals surface area contributed by atoms with Crippen LogP contribution in [0, 0.1) is 6.92 Å². The third kappa shape index (κ3) is 1.95. The summed E-state index contributed by atoms with van der Waals surface area (Å²) < 4.78 is 0. The Morgan fingerprint density at radius 1 is 1.75 bits per heavy atom. The first-order valence-corrected chi connectivity index (χ1v) is 3.52. The third-order valence-corrected chi connectivity index (χ3v) is 1.53. The highest BCUT2D eigenvalue weighted by molar-refractivity contribution is 5.70. The average molecular weight is 166 g/mol. The summed E-state index contributed by atoms with van der Waals surface area (Å²) in [5.74, 6) is -0.897. The number of carboxylic acid groups (broad SMARTS) is 1. The SMILES string of the molecule is Cc1cnc(CC(=O)O)cc1N. The van der Waals surface area contributed by atoms with Crippen molar-refractivity contribution in [1.29, 1.82) is 0 Å². The maximum Gasteiger partial charge on any atom is 0.309 e. The predicted octanol–water partition coefficient (Wildman–Crippen LogP) is 0.599. The van der Waals surface area contributed by atoms with Gasteiger partial charge in [0.05, 0.1) is 12.1 Å². The van der Waals surface area contributed by atoms with Crippen LogP contribution in [0.3, 0.4) is 0 Å². The number of carboxylic acids is 1. The number of nitrogens with zero attached hydrogens (tertiary/aromatic N) is 1. The topological polar surface area (TPSA) is 76.2 Å². The summed E-state index contributed by atoms with van der Waals surface area (Å²) in [6, 6.07) is 1.59. The number of aromatic nitrogens is 1. The molecule has 0 aromatic carbocycles. The van der Waals surface area contributed by atoms with Crippen molar-refractivity contribution in [3.8, 4) is 0 Å². The van der Waals surface area contributed by atoms with Crippen molar-refractivity contribution in [3.63, 3.8) is 0 Å². The molecule has 1 aromatic rings. The van der Waals surface area contributed by atoms with Crippen LogP contribution in [0.2, 0.25) is 0 Å². The van der Waals surface area contributed by atoms with Crippen LogP contribution in [0.1, 0.15) is 11.3 Å². The van der Waals surface area contributed by atoms with Crippen LogP contribution in [-0.4, -0.2) is 16.1 Å². The Labute approximate surface area is 70.0 Å². The minimum Gasteiger partial charge on any atom is -0.481 e. The number of anilines is 1. The second-order valence-electron chi connectivity index (χ2n) is 2.60. The molecular weight excluding hydrogens is 156 g/mol. The number of nitrogen functional groups attached to an aromatic ring is 1. The zero-order valence-corrected chi connectivity index (χ0v) is 6.74. The highest BCUT2D eigenvalue weighted by Gasteiger charge is 2.02. The van der Waals surface area contributed by atoms with E-state index < -0.39 is 5.97 Å². The first-order chi connectivity index (χ1) is 5.59. The van der Waals surface area contributed by atoms with Gasteiger partial charge in [0.1, 0.15) is 0 Å². The zero-order chi connectivity index (χ0) is 9.14. The van der Waals surface area contributed by atoms with Crippen LogP contribution in [0.25, 0.3) is 0 Å². The molecule has 1 heterocycles. The fourth-order valence-electron chi connectivity index (χ4n) is 0.836. The fraction of sp³-hybridized carbons (Fsp3) is 0.250. The lowest BCUT2D eigenvalue weighted by Crippen LogP contribution is -2.03. The lowest BCUT2D eigenvalue weighted by atomic mass is 10.2. The number of aliphatic carboxylic acids is 1. The van der Waals surface area contributed by atoms with Gasteiger partial charge >= 0.3 is 5.97 Å². The second-order valence-corrected chi connectivity index (χ2v) is 2.60. The van der Waals surface area contributed by atoms with Gasteiger partial charge in [0.25, 0.3) is 0 Å². The minimum absolute atomic E-state index is 0.0789. The highest BCUT2D eigenvalue weighted by Crippen LogP contribution is 2.09. The van der Waals surface area contributed by atoms with E-state index in [1.165, 1.54) is 0 Å². The van der Waals surface area contributed by atoms with Gasteiger partial charge in [0.15, 0.2) is 0 Å². The lowest BCUT2D eigenvalue weighted by molar-refractivity contribution is -0.136. The number of aryl methyl sites for hydroxylation is 1. The number of pyridine rings is 1. The van der Waals surface area contributed by atoms with Gasteiger partial charge < -0.3 is 10.8 Å². The van der Waals surface area contributed by atoms with Crippen LogP contribution in [0.4, 0.5) is 5.69 Å². The molecule has 4 heteroatoms. The Morgan fingerprint density at radius 3 is 2.92 bits per heavy atom. The molecule has 0 aliphatic rings. The van der Waals surface area contributed by atoms with Crippen molar-refractivity contribution in [2.45, 2.75) is 13.3 Å². The molecule has 0 aliphatic heterocycles. The first-order valence-electron chi connectivity index (χ1n) is 3.52. The lowest BCUT2D eigenvalue weighted by Gasteiger charge is -2.00. The van der Waals surface area contributed by atoms with Crippen LogP contribution >= 0.6 is 0 Å². The second kappa shape index (κ2) is 3.21. The number of rotatable bonds is 2. The Balaban J connectivity index is 2.89. The van der Waals surface area contributed by atoms with Crippen LogP contribution in [-0.2, 0) is 11.2 Å². The first kappa shape index (κ1) is 8.52. The molecule has 1 rings (SSSR count). The minimum atomic E-state index is -0.897. The van der Waals surface area contributed by atoms with Crippen LogP contribution in [0.5, 0.6) is 0 Å². The molecule has 0 unspecified atom stereocenters. The van der Waals surface area contributed by atoms with Crippen molar-refractivity contribution in [2.75, 3.05) is 5.73 Å². The van der Waals surface area contributed by atoms with Gasteiger partial charge in [0.2, 0.25) is 0 Å². The van der Waals surface area contributed by atoms with Crippen LogP contribution < -0.4 is 5.73 Å². The van der Waals surface area contributed by atoms with E-state index in [1.54, 1.807) is 12.3 Å². The summed E-state index contributed by atoms with van der Waals surface area (Å²) in [6.07, 6.45) is 1.50. The van der Waals surface area contributed by atoms with E-state index in [9.17, 15) is 4.79 Å². The molecule has 3 N–H and O–H groups in total. The zero-order valence-electron chi connectivity index (χ0n) is 6.74. The Morgan fingerprint density at radius 2 is 2.42 bits per heavy atom. The molecule has 0 spiro atoms. The van der Waals surface area contributed by atoms with E-state index in [0.29, 0.717) is 11.4 Å². The monoisotopic (exact) mass is 166 g/mol. The molecule has 64 valence electrons. The average Bonchev–Trinajstić information content (AvgIpc) is 1.96. The Bertz CT molecular complexity index is 310. The van der Waals surface area contributed by atoms with Gasteiger partial charge in [-0.25, -0.2) is 0 Å². The maximum atomic E-state index is 10.3. The van der Waals surface area contributed by atoms with Gasteiger partial charge in [0, 0.05) is 11.9 Å². The molecule has 0 amide bonds. The highest BCUT2D eigenvalue weighted by atomic mass is 16.4. The van der Waals surface area contributed by atoms with Crippen molar-refractivity contribution >= 4 is 11.7 Å². The van der Waals surface area contributed by atoms with E-state index >= 15 is 0 Å². The van der Waals surface area contributed by atoms with Gasteiger partial charge in [-0.1, -0.05) is 0 Å². The summed E-state index contributed by atoms with van der Waals surface area (Å²) in [6.45, 7) is 1.83. The standard InChI is InChI=1S/C8H10N2O2/c1-5-4-10-6(2-7(5)9)3-8(11)12/h2,4H,3H2,1H3,(H2,9,10)(H,11,12). The molecule has 4 nitrogen and oxygen atoms in total. The summed E-state index contributed by atoms with van der Waals surface area (Å²) in [5.41, 5.74) is 7.50. The molecule has 0 atom stereocenters. The third-order valence-electron chi connectivity index (χ3n) is 1.53. The van der Waals surface area contributed by atoms with E-state index in [2.05, 4.69) is 4.98 Å².